The molecule has 2 rings (SSSR count). The van der Waals surface area contributed by atoms with E-state index < -0.39 is 0 Å². The molecule has 2 aliphatic heterocycles. The second kappa shape index (κ2) is 17.8. The minimum atomic E-state index is -0.259. The molecule has 0 bridgehead atoms. The Labute approximate surface area is 141 Å². The molecule has 0 radical (unpaired) electrons. The normalized spacial score (nSPS) is 22.0. The van der Waals surface area contributed by atoms with Crippen LogP contribution in [0.5, 0.6) is 0 Å². The average molecular weight is 292 g/mol. The SMILES string of the molecule is C=CCOCC1CO1.OC1CCC=COC1.[CH2-]CCC.[Li+]. The maximum atomic E-state index is 8.92. The molecule has 0 amide bonds. The minimum Gasteiger partial charge on any atom is -0.499 e. The van der Waals surface area contributed by atoms with Crippen molar-refractivity contribution >= 4 is 0 Å². The van der Waals surface area contributed by atoms with E-state index in [-0.39, 0.29) is 25.0 Å². The molecular formula is C16H29LiO4. The second-order valence-corrected chi connectivity index (χ2v) is 4.57. The van der Waals surface area contributed by atoms with Crippen LogP contribution in [-0.4, -0.2) is 43.7 Å². The first kappa shape index (κ1) is 23.0. The molecule has 0 aliphatic carbocycles. The van der Waals surface area contributed by atoms with Crippen molar-refractivity contribution in [2.45, 2.75) is 44.8 Å². The number of ether oxygens (including phenoxy) is 3. The summed E-state index contributed by atoms with van der Waals surface area (Å²) in [5.41, 5.74) is 0. The van der Waals surface area contributed by atoms with Gasteiger partial charge in [0.25, 0.3) is 0 Å². The molecule has 118 valence electrons. The third-order valence-electron chi connectivity index (χ3n) is 2.44. The van der Waals surface area contributed by atoms with Gasteiger partial charge in [-0.3, -0.25) is 0 Å². The Morgan fingerprint density at radius 3 is 2.67 bits per heavy atom. The maximum Gasteiger partial charge on any atom is 1.00 e. The van der Waals surface area contributed by atoms with Crippen molar-refractivity contribution in [3.05, 3.63) is 31.9 Å². The van der Waals surface area contributed by atoms with E-state index in [4.69, 9.17) is 19.3 Å². The molecule has 0 aromatic heterocycles. The summed E-state index contributed by atoms with van der Waals surface area (Å²) in [5.74, 6) is 0. The van der Waals surface area contributed by atoms with E-state index >= 15 is 0 Å². The zero-order valence-electron chi connectivity index (χ0n) is 13.6. The third-order valence-corrected chi connectivity index (χ3v) is 2.44. The van der Waals surface area contributed by atoms with Gasteiger partial charge in [-0.1, -0.05) is 19.4 Å². The fourth-order valence-electron chi connectivity index (χ4n) is 1.12. The van der Waals surface area contributed by atoms with Crippen LogP contribution in [0.25, 0.3) is 0 Å². The summed E-state index contributed by atoms with van der Waals surface area (Å²) in [6.45, 7) is 11.9. The smallest absolute Gasteiger partial charge is 0.499 e. The van der Waals surface area contributed by atoms with Crippen LogP contribution in [0.1, 0.15) is 32.6 Å². The number of hydrogen-bond acceptors (Lipinski definition) is 4. The van der Waals surface area contributed by atoms with Crippen LogP contribution >= 0.6 is 0 Å². The Kier molecular flexibility index (Phi) is 19.5. The van der Waals surface area contributed by atoms with Crippen LogP contribution in [-0.2, 0) is 14.2 Å². The van der Waals surface area contributed by atoms with Crippen LogP contribution in [0, 0.1) is 6.92 Å². The van der Waals surface area contributed by atoms with Gasteiger partial charge in [0.2, 0.25) is 0 Å². The minimum absolute atomic E-state index is 0. The fourth-order valence-corrected chi connectivity index (χ4v) is 1.12. The van der Waals surface area contributed by atoms with Gasteiger partial charge in [0.05, 0.1) is 32.2 Å². The van der Waals surface area contributed by atoms with Gasteiger partial charge in [-0.2, -0.15) is 6.42 Å². The molecule has 0 aromatic rings. The first-order valence-electron chi connectivity index (χ1n) is 7.28. The molecular weight excluding hydrogens is 263 g/mol. The first-order valence-corrected chi connectivity index (χ1v) is 7.28. The van der Waals surface area contributed by atoms with E-state index in [2.05, 4.69) is 20.4 Å². The van der Waals surface area contributed by atoms with Crippen LogP contribution < -0.4 is 18.9 Å². The van der Waals surface area contributed by atoms with E-state index in [1.807, 2.05) is 6.08 Å². The maximum absolute atomic E-state index is 8.92. The van der Waals surface area contributed by atoms with Crippen molar-refractivity contribution in [3.8, 4) is 0 Å². The van der Waals surface area contributed by atoms with Gasteiger partial charge >= 0.3 is 18.9 Å². The van der Waals surface area contributed by atoms with Crippen molar-refractivity contribution < 1.29 is 38.2 Å². The number of unbranched alkanes of at least 4 members (excludes halogenated alkanes) is 1. The van der Waals surface area contributed by atoms with Crippen molar-refractivity contribution in [1.82, 2.24) is 0 Å². The zero-order chi connectivity index (χ0) is 15.1. The summed E-state index contributed by atoms with van der Waals surface area (Å²) in [6.07, 6.45) is 9.48. The number of allylic oxidation sites excluding steroid dienone is 1. The largest absolute Gasteiger partial charge is 1.00 e. The number of aliphatic hydroxyl groups is 1. The van der Waals surface area contributed by atoms with Crippen LogP contribution in [0.3, 0.4) is 0 Å². The fraction of sp³-hybridized carbons (Fsp3) is 0.688. The van der Waals surface area contributed by atoms with Gasteiger partial charge in [0.15, 0.2) is 0 Å². The van der Waals surface area contributed by atoms with E-state index in [1.54, 1.807) is 12.3 Å². The molecule has 1 N–H and O–H groups in total. The van der Waals surface area contributed by atoms with Gasteiger partial charge in [-0.15, -0.1) is 6.58 Å². The Morgan fingerprint density at radius 1 is 1.48 bits per heavy atom. The van der Waals surface area contributed by atoms with Gasteiger partial charge in [-0.05, 0) is 18.9 Å². The van der Waals surface area contributed by atoms with Crippen LogP contribution in [0.2, 0.25) is 0 Å². The third kappa shape index (κ3) is 19.8. The van der Waals surface area contributed by atoms with Gasteiger partial charge in [-0.25, -0.2) is 0 Å². The number of rotatable bonds is 5. The summed E-state index contributed by atoms with van der Waals surface area (Å²) in [5, 5.41) is 8.92. The number of hydrogen-bond donors (Lipinski definition) is 1. The standard InChI is InChI=1S/2C6H10O2.C4H9.Li/c1-2-3-7-4-6-5-8-6;7-6-3-1-2-4-8-5-6;1-3-4-2;/h2,6H,1,3-5H2;2,4,6-7H,1,3,5H2;1,3-4H2,2H3;/q;;-1;+1. The monoisotopic (exact) mass is 292 g/mol. The molecule has 0 spiro atoms. The molecule has 1 fully saturated rings. The molecule has 21 heavy (non-hydrogen) atoms. The molecule has 0 saturated carbocycles. The van der Waals surface area contributed by atoms with Crippen LogP contribution in [0.4, 0.5) is 0 Å². The van der Waals surface area contributed by atoms with E-state index in [0.717, 1.165) is 32.5 Å². The Morgan fingerprint density at radius 2 is 2.14 bits per heavy atom. The van der Waals surface area contributed by atoms with E-state index in [1.165, 1.54) is 6.42 Å². The van der Waals surface area contributed by atoms with E-state index in [0.29, 0.717) is 19.3 Å². The summed E-state index contributed by atoms with van der Waals surface area (Å²) < 4.78 is 14.8. The van der Waals surface area contributed by atoms with Gasteiger partial charge < -0.3 is 26.2 Å². The van der Waals surface area contributed by atoms with Gasteiger partial charge in [0, 0.05) is 0 Å². The van der Waals surface area contributed by atoms with Crippen molar-refractivity contribution in [2.75, 3.05) is 26.4 Å². The zero-order valence-corrected chi connectivity index (χ0v) is 13.6. The molecule has 2 aliphatic rings. The topological polar surface area (TPSA) is 51.2 Å². The number of aliphatic hydroxyl groups excluding tert-OH is 1. The molecule has 2 unspecified atom stereocenters. The summed E-state index contributed by atoms with van der Waals surface area (Å²) in [7, 11) is 0. The van der Waals surface area contributed by atoms with Gasteiger partial charge in [0.1, 0.15) is 12.7 Å². The molecule has 4 nitrogen and oxygen atoms in total. The predicted molar refractivity (Wildman–Crippen MR) is 81.4 cm³/mol. The first-order chi connectivity index (χ1) is 9.74. The quantitative estimate of drug-likeness (QED) is 0.252. The average Bonchev–Trinajstić information content (AvgIpc) is 3.29. The second-order valence-electron chi connectivity index (χ2n) is 4.57. The van der Waals surface area contributed by atoms with Crippen molar-refractivity contribution in [3.63, 3.8) is 0 Å². The van der Waals surface area contributed by atoms with Crippen molar-refractivity contribution in [1.29, 1.82) is 0 Å². The van der Waals surface area contributed by atoms with Crippen molar-refractivity contribution in [2.24, 2.45) is 0 Å². The predicted octanol–water partition coefficient (Wildman–Crippen LogP) is -0.116. The summed E-state index contributed by atoms with van der Waals surface area (Å²) >= 11 is 0. The summed E-state index contributed by atoms with van der Waals surface area (Å²) in [6, 6.07) is 0. The molecule has 2 atom stereocenters. The van der Waals surface area contributed by atoms with Crippen LogP contribution in [0.15, 0.2) is 25.0 Å². The molecule has 2 heterocycles. The molecule has 1 saturated heterocycles. The summed E-state index contributed by atoms with van der Waals surface area (Å²) in [4.78, 5) is 0. The Bertz CT molecular complexity index is 230. The number of epoxide rings is 1. The molecule has 0 aromatic carbocycles. The Hall–Kier alpha value is -0.243. The molecule has 5 heteroatoms. The Balaban J connectivity index is 0. The van der Waals surface area contributed by atoms with E-state index in [9.17, 15) is 0 Å².